The molecule has 6 nitrogen and oxygen atoms in total. The van der Waals surface area contributed by atoms with Crippen LogP contribution in [0.1, 0.15) is 17.5 Å². The van der Waals surface area contributed by atoms with Gasteiger partial charge in [-0.1, -0.05) is 12.1 Å². The van der Waals surface area contributed by atoms with Crippen molar-refractivity contribution in [3.63, 3.8) is 0 Å². The minimum absolute atomic E-state index is 0.0337. The maximum atomic E-state index is 12.8. The molecule has 0 bridgehead atoms. The average Bonchev–Trinajstić information content (AvgIpc) is 2.40. The number of sulfonamides is 1. The van der Waals surface area contributed by atoms with Crippen molar-refractivity contribution >= 4 is 15.9 Å². The molecule has 0 aliphatic carbocycles. The summed E-state index contributed by atoms with van der Waals surface area (Å²) >= 11 is 0. The molecule has 3 N–H and O–H groups in total. The quantitative estimate of drug-likeness (QED) is 0.558. The van der Waals surface area contributed by atoms with Crippen molar-refractivity contribution in [3.8, 4) is 0 Å². The second-order valence-corrected chi connectivity index (χ2v) is 6.85. The summed E-state index contributed by atoms with van der Waals surface area (Å²) in [5.74, 6) is -0.0337. The highest BCUT2D eigenvalue weighted by Gasteiger charge is 2.25. The third-order valence-electron chi connectivity index (χ3n) is 3.14. The Hall–Kier alpha value is -1.44. The molecule has 21 heavy (non-hydrogen) atoms. The maximum absolute atomic E-state index is 12.8. The van der Waals surface area contributed by atoms with E-state index < -0.39 is 10.0 Å². The number of nitrogens with two attached hydrogens (primary N) is 1. The van der Waals surface area contributed by atoms with E-state index in [1.165, 1.54) is 11.4 Å². The van der Waals surface area contributed by atoms with Crippen molar-refractivity contribution in [1.29, 1.82) is 5.41 Å². The number of aryl methyl sites for hydroxylation is 2. The van der Waals surface area contributed by atoms with Gasteiger partial charge in [-0.2, -0.15) is 4.31 Å². The lowest BCUT2D eigenvalue weighted by Gasteiger charge is -2.23. The van der Waals surface area contributed by atoms with Crippen LogP contribution in [0.25, 0.3) is 0 Å². The molecule has 1 aromatic rings. The Labute approximate surface area is 126 Å². The van der Waals surface area contributed by atoms with Gasteiger partial charge in [0.2, 0.25) is 10.0 Å². The molecule has 0 spiro atoms. The van der Waals surface area contributed by atoms with Crippen LogP contribution in [0.3, 0.4) is 0 Å². The summed E-state index contributed by atoms with van der Waals surface area (Å²) in [4.78, 5) is 0.294. The van der Waals surface area contributed by atoms with Gasteiger partial charge in [-0.15, -0.1) is 0 Å². The number of hydrogen-bond acceptors (Lipinski definition) is 4. The zero-order valence-electron chi connectivity index (χ0n) is 12.7. The Morgan fingerprint density at radius 1 is 1.33 bits per heavy atom. The zero-order valence-corrected chi connectivity index (χ0v) is 13.5. The van der Waals surface area contributed by atoms with Gasteiger partial charge in [0.15, 0.2) is 0 Å². The van der Waals surface area contributed by atoms with Crippen molar-refractivity contribution in [2.45, 2.75) is 25.2 Å². The molecule has 7 heteroatoms. The first-order valence-corrected chi connectivity index (χ1v) is 8.12. The van der Waals surface area contributed by atoms with Gasteiger partial charge in [0.1, 0.15) is 0 Å². The van der Waals surface area contributed by atoms with E-state index in [1.54, 1.807) is 19.1 Å². The van der Waals surface area contributed by atoms with Gasteiger partial charge in [-0.3, -0.25) is 5.41 Å². The number of methoxy groups -OCH3 is 1. The first-order chi connectivity index (χ1) is 9.78. The van der Waals surface area contributed by atoms with E-state index in [1.807, 2.05) is 13.0 Å². The fraction of sp³-hybridized carbons (Fsp3) is 0.500. The van der Waals surface area contributed by atoms with Crippen LogP contribution in [0.15, 0.2) is 23.1 Å². The van der Waals surface area contributed by atoms with Gasteiger partial charge in [0, 0.05) is 26.6 Å². The summed E-state index contributed by atoms with van der Waals surface area (Å²) in [7, 11) is -2.10. The summed E-state index contributed by atoms with van der Waals surface area (Å²) in [6.45, 7) is 4.33. The molecule has 118 valence electrons. The third-order valence-corrected chi connectivity index (χ3v) is 5.18. The van der Waals surface area contributed by atoms with Gasteiger partial charge >= 0.3 is 0 Å². The van der Waals surface area contributed by atoms with Gasteiger partial charge in [0.25, 0.3) is 0 Å². The van der Waals surface area contributed by atoms with E-state index in [0.717, 1.165) is 5.56 Å². The predicted octanol–water partition coefficient (Wildman–Crippen LogP) is 1.27. The van der Waals surface area contributed by atoms with E-state index in [4.69, 9.17) is 15.9 Å². The molecule has 0 heterocycles. The van der Waals surface area contributed by atoms with Gasteiger partial charge in [-0.05, 0) is 31.0 Å². The number of nitrogens with one attached hydrogen (secondary N) is 1. The highest BCUT2D eigenvalue weighted by atomic mass is 32.2. The third kappa shape index (κ3) is 4.80. The fourth-order valence-corrected chi connectivity index (χ4v) is 3.65. The fourth-order valence-electron chi connectivity index (χ4n) is 1.91. The summed E-state index contributed by atoms with van der Waals surface area (Å²) in [6.07, 6.45) is 0.202. The second kappa shape index (κ2) is 7.53. The minimum atomic E-state index is -3.62. The lowest BCUT2D eigenvalue weighted by molar-refractivity contribution is 0.179. The second-order valence-electron chi connectivity index (χ2n) is 4.94. The largest absolute Gasteiger partial charge is 0.388 e. The van der Waals surface area contributed by atoms with Crippen LogP contribution in [0.2, 0.25) is 0 Å². The van der Waals surface area contributed by atoms with E-state index >= 15 is 0 Å². The Morgan fingerprint density at radius 3 is 2.57 bits per heavy atom. The molecule has 0 aliphatic rings. The molecule has 0 amide bonds. The monoisotopic (exact) mass is 313 g/mol. The van der Waals surface area contributed by atoms with Crippen molar-refractivity contribution in [3.05, 3.63) is 29.3 Å². The highest BCUT2D eigenvalue weighted by molar-refractivity contribution is 7.89. The van der Waals surface area contributed by atoms with Crippen LogP contribution < -0.4 is 5.73 Å². The van der Waals surface area contributed by atoms with Crippen LogP contribution >= 0.6 is 0 Å². The molecule has 1 rings (SSSR count). The summed E-state index contributed by atoms with van der Waals surface area (Å²) in [6, 6.07) is 5.34. The van der Waals surface area contributed by atoms with E-state index in [9.17, 15) is 8.42 Å². The number of ether oxygens (including phenoxy) is 1. The molecule has 0 saturated heterocycles. The van der Waals surface area contributed by atoms with Crippen LogP contribution in [0.5, 0.6) is 0 Å². The Kier molecular flexibility index (Phi) is 6.32. The average molecular weight is 313 g/mol. The molecule has 0 aromatic heterocycles. The minimum Gasteiger partial charge on any atom is -0.388 e. The normalized spacial score (nSPS) is 11.8. The van der Waals surface area contributed by atoms with Crippen LogP contribution in [-0.4, -0.2) is 45.4 Å². The molecule has 0 unspecified atom stereocenters. The number of hydrogen-bond donors (Lipinski definition) is 2. The summed E-state index contributed by atoms with van der Waals surface area (Å²) in [5.41, 5.74) is 6.92. The first-order valence-electron chi connectivity index (χ1n) is 6.68. The smallest absolute Gasteiger partial charge is 0.243 e. The molecule has 0 saturated carbocycles. The van der Waals surface area contributed by atoms with Crippen LogP contribution in [0.4, 0.5) is 0 Å². The van der Waals surface area contributed by atoms with Crippen molar-refractivity contribution in [2.24, 2.45) is 5.73 Å². The number of amidine groups is 1. The Morgan fingerprint density at radius 2 is 2.00 bits per heavy atom. The Balaban J connectivity index is 3.12. The lowest BCUT2D eigenvalue weighted by Crippen LogP contribution is -2.36. The zero-order chi connectivity index (χ0) is 16.0. The lowest BCUT2D eigenvalue weighted by atomic mass is 10.2. The molecular weight excluding hydrogens is 290 g/mol. The first kappa shape index (κ1) is 17.6. The highest BCUT2D eigenvalue weighted by Crippen LogP contribution is 2.21. The van der Waals surface area contributed by atoms with E-state index in [-0.39, 0.29) is 25.3 Å². The maximum Gasteiger partial charge on any atom is 0.243 e. The molecule has 0 aliphatic heterocycles. The molecule has 0 radical (unpaired) electrons. The number of nitrogens with zero attached hydrogens (tertiary/aromatic N) is 1. The summed E-state index contributed by atoms with van der Waals surface area (Å²) < 4.78 is 31.9. The SMILES string of the molecule is COCCN(CCC(=N)N)S(=O)(=O)c1cc(C)ccc1C. The standard InChI is InChI=1S/C14H23N3O3S/c1-11-4-5-12(2)13(10-11)21(18,19)17(8-9-20-3)7-6-14(15)16/h4-5,10H,6-9H2,1-3H3,(H3,15,16). The Bertz CT molecular complexity index is 599. The number of rotatable bonds is 8. The molecular formula is C14H23N3O3S. The van der Waals surface area contributed by atoms with Crippen molar-refractivity contribution in [2.75, 3.05) is 26.8 Å². The van der Waals surface area contributed by atoms with Crippen LogP contribution in [0, 0.1) is 19.3 Å². The molecule has 0 atom stereocenters. The van der Waals surface area contributed by atoms with Crippen LogP contribution in [-0.2, 0) is 14.8 Å². The van der Waals surface area contributed by atoms with E-state index in [2.05, 4.69) is 0 Å². The molecule has 1 aromatic carbocycles. The predicted molar refractivity (Wildman–Crippen MR) is 83.1 cm³/mol. The van der Waals surface area contributed by atoms with Crippen molar-refractivity contribution in [1.82, 2.24) is 4.31 Å². The summed E-state index contributed by atoms with van der Waals surface area (Å²) in [5, 5.41) is 7.28. The van der Waals surface area contributed by atoms with Gasteiger partial charge in [-0.25, -0.2) is 8.42 Å². The topological polar surface area (TPSA) is 96.5 Å². The van der Waals surface area contributed by atoms with Crippen molar-refractivity contribution < 1.29 is 13.2 Å². The molecule has 0 fully saturated rings. The number of benzene rings is 1. The van der Waals surface area contributed by atoms with Gasteiger partial charge in [0.05, 0.1) is 17.3 Å². The van der Waals surface area contributed by atoms with Gasteiger partial charge < -0.3 is 10.5 Å². The van der Waals surface area contributed by atoms with E-state index in [0.29, 0.717) is 17.1 Å².